The van der Waals surface area contributed by atoms with E-state index in [9.17, 15) is 4.79 Å². The number of nitrogens with zero attached hydrogens (tertiary/aromatic N) is 1. The van der Waals surface area contributed by atoms with Gasteiger partial charge in [0.2, 0.25) is 5.91 Å². The molecular formula is C15H21IN2O2. The van der Waals surface area contributed by atoms with E-state index in [0.717, 1.165) is 41.6 Å². The van der Waals surface area contributed by atoms with Gasteiger partial charge in [-0.25, -0.2) is 0 Å². The quantitative estimate of drug-likeness (QED) is 0.762. The van der Waals surface area contributed by atoms with Crippen LogP contribution in [-0.2, 0) is 4.79 Å². The minimum atomic E-state index is 0.0386. The first kappa shape index (κ1) is 15.7. The fourth-order valence-electron chi connectivity index (χ4n) is 2.68. The molecule has 1 unspecified atom stereocenters. The number of amides is 1. The summed E-state index contributed by atoms with van der Waals surface area (Å²) in [6, 6.07) is 7.81. The third kappa shape index (κ3) is 5.03. The highest BCUT2D eigenvalue weighted by atomic mass is 127. The molecule has 1 aliphatic rings. The zero-order valence-electron chi connectivity index (χ0n) is 11.5. The molecule has 0 aromatic heterocycles. The van der Waals surface area contributed by atoms with Gasteiger partial charge in [-0.3, -0.25) is 9.69 Å². The average molecular weight is 388 g/mol. The Balaban J connectivity index is 1.82. The van der Waals surface area contributed by atoms with Crippen LogP contribution in [-0.4, -0.2) is 42.2 Å². The molecule has 5 heteroatoms. The first-order chi connectivity index (χ1) is 9.67. The van der Waals surface area contributed by atoms with Crippen molar-refractivity contribution in [2.24, 2.45) is 5.92 Å². The molecule has 2 N–H and O–H groups in total. The molecular weight excluding hydrogens is 367 g/mol. The van der Waals surface area contributed by atoms with Crippen molar-refractivity contribution in [2.75, 3.05) is 31.6 Å². The molecule has 1 aromatic carbocycles. The van der Waals surface area contributed by atoms with Crippen LogP contribution in [0.2, 0.25) is 0 Å². The smallest absolute Gasteiger partial charge is 0.238 e. The lowest BCUT2D eigenvalue weighted by Gasteiger charge is -2.31. The number of likely N-dealkylation sites (tertiary alicyclic amines) is 1. The van der Waals surface area contributed by atoms with E-state index >= 15 is 0 Å². The van der Waals surface area contributed by atoms with Crippen LogP contribution in [0.4, 0.5) is 5.69 Å². The normalized spacial score (nSPS) is 19.8. The van der Waals surface area contributed by atoms with Crippen molar-refractivity contribution < 1.29 is 9.90 Å². The molecule has 2 rings (SSSR count). The number of aliphatic hydroxyl groups is 1. The summed E-state index contributed by atoms with van der Waals surface area (Å²) < 4.78 is 1.11. The summed E-state index contributed by atoms with van der Waals surface area (Å²) in [5, 5.41) is 12.0. The number of hydrogen-bond donors (Lipinski definition) is 2. The zero-order chi connectivity index (χ0) is 14.4. The van der Waals surface area contributed by atoms with Gasteiger partial charge < -0.3 is 10.4 Å². The molecule has 1 aliphatic heterocycles. The monoisotopic (exact) mass is 388 g/mol. The third-order valence-corrected chi connectivity index (χ3v) is 4.29. The Bertz CT molecular complexity index is 451. The number of carbonyl (C=O) groups is 1. The van der Waals surface area contributed by atoms with Crippen LogP contribution in [0.15, 0.2) is 24.3 Å². The summed E-state index contributed by atoms with van der Waals surface area (Å²) in [4.78, 5) is 14.2. The topological polar surface area (TPSA) is 52.6 Å². The van der Waals surface area contributed by atoms with E-state index in [1.165, 1.54) is 0 Å². The molecule has 1 saturated heterocycles. The SMILES string of the molecule is O=C(CN1CCCC(CCO)C1)Nc1cccc(I)c1. The molecule has 1 amide bonds. The molecule has 0 bridgehead atoms. The van der Waals surface area contributed by atoms with E-state index in [1.807, 2.05) is 24.3 Å². The Hall–Kier alpha value is -0.660. The highest BCUT2D eigenvalue weighted by Gasteiger charge is 2.21. The number of rotatable bonds is 5. The Morgan fingerprint density at radius 2 is 2.35 bits per heavy atom. The second kappa shape index (κ2) is 7.95. The molecule has 1 fully saturated rings. The summed E-state index contributed by atoms with van der Waals surface area (Å²) in [5.41, 5.74) is 0.853. The molecule has 20 heavy (non-hydrogen) atoms. The Morgan fingerprint density at radius 1 is 1.50 bits per heavy atom. The molecule has 0 aliphatic carbocycles. The lowest BCUT2D eigenvalue weighted by Crippen LogP contribution is -2.40. The first-order valence-electron chi connectivity index (χ1n) is 7.06. The third-order valence-electron chi connectivity index (χ3n) is 3.62. The van der Waals surface area contributed by atoms with Crippen molar-refractivity contribution in [1.29, 1.82) is 0 Å². The van der Waals surface area contributed by atoms with Gasteiger partial charge in [0.1, 0.15) is 0 Å². The first-order valence-corrected chi connectivity index (χ1v) is 8.14. The number of anilines is 1. The minimum Gasteiger partial charge on any atom is -0.396 e. The van der Waals surface area contributed by atoms with Gasteiger partial charge >= 0.3 is 0 Å². The van der Waals surface area contributed by atoms with Crippen LogP contribution in [0.5, 0.6) is 0 Å². The Morgan fingerprint density at radius 3 is 3.10 bits per heavy atom. The predicted octanol–water partition coefficient (Wildman–Crippen LogP) is 2.32. The van der Waals surface area contributed by atoms with Gasteiger partial charge in [-0.15, -0.1) is 0 Å². The van der Waals surface area contributed by atoms with Gasteiger partial charge in [0.15, 0.2) is 0 Å². The van der Waals surface area contributed by atoms with Gasteiger partial charge in [-0.2, -0.15) is 0 Å². The van der Waals surface area contributed by atoms with Crippen molar-refractivity contribution >= 4 is 34.2 Å². The maximum absolute atomic E-state index is 12.1. The number of hydrogen-bond acceptors (Lipinski definition) is 3. The van der Waals surface area contributed by atoms with Crippen molar-refractivity contribution in [3.8, 4) is 0 Å². The van der Waals surface area contributed by atoms with Crippen LogP contribution in [0.1, 0.15) is 19.3 Å². The van der Waals surface area contributed by atoms with E-state index < -0.39 is 0 Å². The lowest BCUT2D eigenvalue weighted by molar-refractivity contribution is -0.117. The van der Waals surface area contributed by atoms with Crippen molar-refractivity contribution in [2.45, 2.75) is 19.3 Å². The summed E-state index contributed by atoms with van der Waals surface area (Å²) in [6.45, 7) is 2.57. The van der Waals surface area contributed by atoms with Gasteiger partial charge in [0.05, 0.1) is 6.54 Å². The molecule has 0 radical (unpaired) electrons. The van der Waals surface area contributed by atoms with Crippen molar-refractivity contribution in [3.63, 3.8) is 0 Å². The molecule has 1 aromatic rings. The fourth-order valence-corrected chi connectivity index (χ4v) is 3.23. The number of aliphatic hydroxyl groups excluding tert-OH is 1. The van der Waals surface area contributed by atoms with Crippen LogP contribution in [0.25, 0.3) is 0 Å². The molecule has 1 heterocycles. The minimum absolute atomic E-state index is 0.0386. The van der Waals surface area contributed by atoms with Crippen LogP contribution in [0.3, 0.4) is 0 Å². The van der Waals surface area contributed by atoms with Gasteiger partial charge in [-0.1, -0.05) is 6.07 Å². The zero-order valence-corrected chi connectivity index (χ0v) is 13.7. The predicted molar refractivity (Wildman–Crippen MR) is 88.7 cm³/mol. The summed E-state index contributed by atoms with van der Waals surface area (Å²) >= 11 is 2.23. The number of benzene rings is 1. The maximum Gasteiger partial charge on any atom is 0.238 e. The summed E-state index contributed by atoms with van der Waals surface area (Å²) in [6.07, 6.45) is 3.12. The van der Waals surface area contributed by atoms with E-state index in [1.54, 1.807) is 0 Å². The number of piperidine rings is 1. The Kier molecular flexibility index (Phi) is 6.25. The van der Waals surface area contributed by atoms with Crippen LogP contribution in [0, 0.1) is 9.49 Å². The highest BCUT2D eigenvalue weighted by molar-refractivity contribution is 14.1. The van der Waals surface area contributed by atoms with Crippen LogP contribution >= 0.6 is 22.6 Å². The second-order valence-electron chi connectivity index (χ2n) is 5.31. The Labute approximate surface area is 133 Å². The number of halogens is 1. The second-order valence-corrected chi connectivity index (χ2v) is 6.56. The molecule has 0 saturated carbocycles. The number of carbonyl (C=O) groups excluding carboxylic acids is 1. The van der Waals surface area contributed by atoms with E-state index in [4.69, 9.17) is 5.11 Å². The maximum atomic E-state index is 12.1. The molecule has 1 atom stereocenters. The lowest BCUT2D eigenvalue weighted by atomic mass is 9.95. The summed E-state index contributed by atoms with van der Waals surface area (Å²) in [7, 11) is 0. The largest absolute Gasteiger partial charge is 0.396 e. The van der Waals surface area contributed by atoms with E-state index in [0.29, 0.717) is 12.5 Å². The average Bonchev–Trinajstić information content (AvgIpc) is 2.39. The standard InChI is InChI=1S/C15H21IN2O2/c16-13-4-1-5-14(9-13)17-15(20)11-18-7-2-3-12(10-18)6-8-19/h1,4-5,9,12,19H,2-3,6-8,10-11H2,(H,17,20). The van der Waals surface area contributed by atoms with Crippen molar-refractivity contribution in [1.82, 2.24) is 4.90 Å². The van der Waals surface area contributed by atoms with E-state index in [2.05, 4.69) is 32.8 Å². The van der Waals surface area contributed by atoms with Crippen LogP contribution < -0.4 is 5.32 Å². The van der Waals surface area contributed by atoms with Gasteiger partial charge in [-0.05, 0) is 72.5 Å². The molecule has 110 valence electrons. The summed E-state index contributed by atoms with van der Waals surface area (Å²) in [5.74, 6) is 0.566. The van der Waals surface area contributed by atoms with Gasteiger partial charge in [0.25, 0.3) is 0 Å². The molecule has 4 nitrogen and oxygen atoms in total. The van der Waals surface area contributed by atoms with Crippen molar-refractivity contribution in [3.05, 3.63) is 27.8 Å². The number of nitrogens with one attached hydrogen (secondary N) is 1. The van der Waals surface area contributed by atoms with Gasteiger partial charge in [0, 0.05) is 22.4 Å². The van der Waals surface area contributed by atoms with E-state index in [-0.39, 0.29) is 12.5 Å². The molecule has 0 spiro atoms. The fraction of sp³-hybridized carbons (Fsp3) is 0.533. The highest BCUT2D eigenvalue weighted by Crippen LogP contribution is 2.19.